The van der Waals surface area contributed by atoms with E-state index in [1.54, 1.807) is 6.20 Å². The standard InChI is InChI=1S/C10H11N3O2/c14-10(15)9-11-3-6-4-13(7-1-2-7)5-8(6)12-9/h3,7H,1-2,4-5H2,(H,14,15). The van der Waals surface area contributed by atoms with Gasteiger partial charge in [0, 0.05) is 30.9 Å². The maximum absolute atomic E-state index is 10.7. The van der Waals surface area contributed by atoms with Gasteiger partial charge < -0.3 is 5.11 Å². The van der Waals surface area contributed by atoms with Crippen molar-refractivity contribution in [3.8, 4) is 0 Å². The molecular formula is C10H11N3O2. The third-order valence-corrected chi connectivity index (χ3v) is 2.94. The third kappa shape index (κ3) is 1.48. The summed E-state index contributed by atoms with van der Waals surface area (Å²) in [5, 5.41) is 8.76. The molecule has 5 nitrogen and oxygen atoms in total. The first-order valence-corrected chi connectivity index (χ1v) is 5.06. The molecule has 1 saturated carbocycles. The third-order valence-electron chi connectivity index (χ3n) is 2.94. The number of nitrogens with zero attached hydrogens (tertiary/aromatic N) is 3. The number of carboxylic acid groups (broad SMARTS) is 1. The molecular weight excluding hydrogens is 194 g/mol. The van der Waals surface area contributed by atoms with Crippen LogP contribution in [0.25, 0.3) is 0 Å². The lowest BCUT2D eigenvalue weighted by Gasteiger charge is -2.11. The van der Waals surface area contributed by atoms with Gasteiger partial charge in [-0.05, 0) is 12.8 Å². The van der Waals surface area contributed by atoms with Crippen molar-refractivity contribution in [3.05, 3.63) is 23.3 Å². The number of fused-ring (bicyclic) bond motifs is 1. The molecule has 0 unspecified atom stereocenters. The van der Waals surface area contributed by atoms with Gasteiger partial charge in [0.2, 0.25) is 5.82 Å². The molecule has 3 rings (SSSR count). The Morgan fingerprint density at radius 2 is 2.27 bits per heavy atom. The van der Waals surface area contributed by atoms with Gasteiger partial charge in [-0.1, -0.05) is 0 Å². The van der Waals surface area contributed by atoms with Crippen LogP contribution in [0, 0.1) is 0 Å². The van der Waals surface area contributed by atoms with E-state index in [4.69, 9.17) is 5.11 Å². The predicted octanol–water partition coefficient (Wildman–Crippen LogP) is 0.653. The zero-order chi connectivity index (χ0) is 10.4. The topological polar surface area (TPSA) is 66.3 Å². The van der Waals surface area contributed by atoms with Crippen LogP contribution in [0.4, 0.5) is 0 Å². The van der Waals surface area contributed by atoms with E-state index in [1.165, 1.54) is 12.8 Å². The molecule has 0 atom stereocenters. The summed E-state index contributed by atoms with van der Waals surface area (Å²) < 4.78 is 0. The van der Waals surface area contributed by atoms with Crippen LogP contribution in [0.15, 0.2) is 6.20 Å². The van der Waals surface area contributed by atoms with E-state index in [1.807, 2.05) is 0 Å². The zero-order valence-electron chi connectivity index (χ0n) is 8.18. The number of rotatable bonds is 2. The molecule has 0 spiro atoms. The first kappa shape index (κ1) is 8.79. The van der Waals surface area contributed by atoms with Crippen LogP contribution in [0.5, 0.6) is 0 Å². The lowest BCUT2D eigenvalue weighted by molar-refractivity contribution is 0.0683. The predicted molar refractivity (Wildman–Crippen MR) is 51.3 cm³/mol. The van der Waals surface area contributed by atoms with E-state index >= 15 is 0 Å². The van der Waals surface area contributed by atoms with Crippen LogP contribution in [0.1, 0.15) is 34.7 Å². The summed E-state index contributed by atoms with van der Waals surface area (Å²) in [7, 11) is 0. The fraction of sp³-hybridized carbons (Fsp3) is 0.500. The Morgan fingerprint density at radius 3 is 2.93 bits per heavy atom. The summed E-state index contributed by atoms with van der Waals surface area (Å²) in [6, 6.07) is 0.687. The SMILES string of the molecule is O=C(O)c1ncc2c(n1)CN(C1CC1)C2. The molecule has 1 N–H and O–H groups in total. The van der Waals surface area contributed by atoms with E-state index in [0.29, 0.717) is 6.04 Å². The van der Waals surface area contributed by atoms with Crippen LogP contribution in [-0.4, -0.2) is 32.0 Å². The van der Waals surface area contributed by atoms with Crippen molar-refractivity contribution in [1.82, 2.24) is 14.9 Å². The second-order valence-electron chi connectivity index (χ2n) is 4.11. The van der Waals surface area contributed by atoms with Crippen LogP contribution < -0.4 is 0 Å². The van der Waals surface area contributed by atoms with Crippen molar-refractivity contribution in [3.63, 3.8) is 0 Å². The molecule has 15 heavy (non-hydrogen) atoms. The largest absolute Gasteiger partial charge is 0.475 e. The van der Waals surface area contributed by atoms with Gasteiger partial charge >= 0.3 is 5.97 Å². The monoisotopic (exact) mass is 205 g/mol. The Balaban J connectivity index is 1.89. The summed E-state index contributed by atoms with van der Waals surface area (Å²) in [5.41, 5.74) is 1.96. The molecule has 0 bridgehead atoms. The molecule has 0 radical (unpaired) electrons. The molecule has 1 aliphatic carbocycles. The average molecular weight is 205 g/mol. The molecule has 2 heterocycles. The minimum atomic E-state index is -1.05. The minimum absolute atomic E-state index is 0.0913. The summed E-state index contributed by atoms with van der Waals surface area (Å²) in [4.78, 5) is 20.9. The van der Waals surface area contributed by atoms with E-state index in [2.05, 4.69) is 14.9 Å². The van der Waals surface area contributed by atoms with Gasteiger partial charge in [-0.15, -0.1) is 0 Å². The summed E-state index contributed by atoms with van der Waals surface area (Å²) >= 11 is 0. The Labute approximate surface area is 86.8 Å². The van der Waals surface area contributed by atoms with Gasteiger partial charge in [-0.2, -0.15) is 0 Å². The van der Waals surface area contributed by atoms with Crippen LogP contribution in [0.3, 0.4) is 0 Å². The zero-order valence-corrected chi connectivity index (χ0v) is 8.18. The Morgan fingerprint density at radius 1 is 1.47 bits per heavy atom. The number of carboxylic acids is 1. The quantitative estimate of drug-likeness (QED) is 0.768. The highest BCUT2D eigenvalue weighted by Gasteiger charge is 2.34. The smallest absolute Gasteiger partial charge is 0.373 e. The maximum atomic E-state index is 10.7. The van der Waals surface area contributed by atoms with Crippen molar-refractivity contribution in [2.24, 2.45) is 0 Å². The lowest BCUT2D eigenvalue weighted by Crippen LogP contribution is -2.18. The molecule has 1 aliphatic heterocycles. The van der Waals surface area contributed by atoms with Crippen molar-refractivity contribution in [2.75, 3.05) is 0 Å². The molecule has 5 heteroatoms. The molecule has 0 aromatic carbocycles. The minimum Gasteiger partial charge on any atom is -0.475 e. The summed E-state index contributed by atoms with van der Waals surface area (Å²) in [6.45, 7) is 1.66. The number of hydrogen-bond acceptors (Lipinski definition) is 4. The van der Waals surface area contributed by atoms with Crippen LogP contribution >= 0.6 is 0 Å². The Bertz CT molecular complexity index is 429. The number of carbonyl (C=O) groups is 1. The van der Waals surface area contributed by atoms with Crippen molar-refractivity contribution >= 4 is 5.97 Å². The molecule has 78 valence electrons. The molecule has 1 aromatic heterocycles. The molecule has 0 amide bonds. The lowest BCUT2D eigenvalue weighted by atomic mass is 10.3. The fourth-order valence-corrected chi connectivity index (χ4v) is 1.98. The molecule has 0 saturated heterocycles. The highest BCUT2D eigenvalue weighted by atomic mass is 16.4. The normalized spacial score (nSPS) is 20.3. The average Bonchev–Trinajstić information content (AvgIpc) is 2.97. The van der Waals surface area contributed by atoms with Gasteiger partial charge in [-0.25, -0.2) is 14.8 Å². The second kappa shape index (κ2) is 3.00. The number of aromatic carboxylic acids is 1. The van der Waals surface area contributed by atoms with Gasteiger partial charge in [0.05, 0.1) is 5.69 Å². The highest BCUT2D eigenvalue weighted by molar-refractivity contribution is 5.83. The Hall–Kier alpha value is -1.49. The first-order chi connectivity index (χ1) is 7.24. The number of aromatic nitrogens is 2. The highest BCUT2D eigenvalue weighted by Crippen LogP contribution is 2.33. The Kier molecular flexibility index (Phi) is 1.76. The van der Waals surface area contributed by atoms with Crippen molar-refractivity contribution in [1.29, 1.82) is 0 Å². The van der Waals surface area contributed by atoms with E-state index in [-0.39, 0.29) is 5.82 Å². The molecule has 1 fully saturated rings. The maximum Gasteiger partial charge on any atom is 0.373 e. The fourth-order valence-electron chi connectivity index (χ4n) is 1.98. The van der Waals surface area contributed by atoms with Crippen molar-refractivity contribution in [2.45, 2.75) is 32.0 Å². The van der Waals surface area contributed by atoms with E-state index in [0.717, 1.165) is 24.3 Å². The summed E-state index contributed by atoms with van der Waals surface area (Å²) in [5.74, 6) is -1.14. The van der Waals surface area contributed by atoms with E-state index < -0.39 is 5.97 Å². The van der Waals surface area contributed by atoms with Gasteiger partial charge in [-0.3, -0.25) is 4.90 Å². The van der Waals surface area contributed by atoms with Gasteiger partial charge in [0.15, 0.2) is 0 Å². The van der Waals surface area contributed by atoms with Crippen LogP contribution in [0.2, 0.25) is 0 Å². The first-order valence-electron chi connectivity index (χ1n) is 5.06. The van der Waals surface area contributed by atoms with Crippen molar-refractivity contribution < 1.29 is 9.90 Å². The van der Waals surface area contributed by atoms with Crippen LogP contribution in [-0.2, 0) is 13.1 Å². The molecule has 2 aliphatic rings. The summed E-state index contributed by atoms with van der Waals surface area (Å²) in [6.07, 6.45) is 4.16. The van der Waals surface area contributed by atoms with E-state index in [9.17, 15) is 4.79 Å². The number of hydrogen-bond donors (Lipinski definition) is 1. The molecule has 1 aromatic rings. The van der Waals surface area contributed by atoms with Gasteiger partial charge in [0.1, 0.15) is 0 Å². The second-order valence-corrected chi connectivity index (χ2v) is 4.11. The van der Waals surface area contributed by atoms with Gasteiger partial charge in [0.25, 0.3) is 0 Å².